The minimum Gasteiger partial charge on any atom is -0.422 e. The predicted octanol–water partition coefficient (Wildman–Crippen LogP) is 3.96. The zero-order valence-corrected chi connectivity index (χ0v) is 12.1. The highest BCUT2D eigenvalue weighted by molar-refractivity contribution is 8.13. The van der Waals surface area contributed by atoms with Crippen LogP contribution in [0, 0.1) is 0 Å². The number of rotatable bonds is 3. The van der Waals surface area contributed by atoms with Crippen LogP contribution in [0.1, 0.15) is 13.8 Å². The van der Waals surface area contributed by atoms with Crippen LogP contribution in [0.3, 0.4) is 0 Å². The smallest absolute Gasteiger partial charge is 0.338 e. The van der Waals surface area contributed by atoms with Crippen LogP contribution in [0.15, 0.2) is 53.4 Å². The summed E-state index contributed by atoms with van der Waals surface area (Å²) in [5.74, 6) is -0.0278. The van der Waals surface area contributed by atoms with E-state index in [-0.39, 0.29) is 5.12 Å². The van der Waals surface area contributed by atoms with Gasteiger partial charge in [-0.1, -0.05) is 42.6 Å². The van der Waals surface area contributed by atoms with E-state index < -0.39 is 5.97 Å². The minimum absolute atomic E-state index is 0.0162. The van der Waals surface area contributed by atoms with Gasteiger partial charge in [-0.15, -0.1) is 0 Å². The molecule has 0 saturated heterocycles. The first-order valence-corrected chi connectivity index (χ1v) is 6.88. The fraction of sp³-hybridized carbons (Fsp3) is 0.125. The number of fused-ring (bicyclic) bond motifs is 1. The third kappa shape index (κ3) is 3.27. The van der Waals surface area contributed by atoms with Gasteiger partial charge in [0.15, 0.2) is 5.12 Å². The van der Waals surface area contributed by atoms with Crippen LogP contribution in [0.4, 0.5) is 0 Å². The molecule has 0 aliphatic heterocycles. The summed E-state index contributed by atoms with van der Waals surface area (Å²) in [4.78, 5) is 23.7. The first-order valence-electron chi connectivity index (χ1n) is 6.06. The second kappa shape index (κ2) is 5.92. The fourth-order valence-corrected chi connectivity index (χ4v) is 2.43. The summed E-state index contributed by atoms with van der Waals surface area (Å²) in [5, 5.41) is 1.73. The molecule has 0 amide bonds. The summed E-state index contributed by atoms with van der Waals surface area (Å²) < 4.78 is 5.35. The third-order valence-electron chi connectivity index (χ3n) is 2.61. The number of thioether (sulfide) groups is 1. The number of esters is 1. The highest BCUT2D eigenvalue weighted by Gasteiger charge is 2.11. The lowest BCUT2D eigenvalue weighted by molar-refractivity contribution is -0.130. The fourth-order valence-electron chi connectivity index (χ4n) is 1.75. The maximum absolute atomic E-state index is 11.7. The second-order valence-corrected chi connectivity index (χ2v) is 5.66. The van der Waals surface area contributed by atoms with Gasteiger partial charge in [0, 0.05) is 22.8 Å². The van der Waals surface area contributed by atoms with Crippen LogP contribution in [0.25, 0.3) is 10.8 Å². The largest absolute Gasteiger partial charge is 0.422 e. The van der Waals surface area contributed by atoms with Crippen LogP contribution < -0.4 is 4.74 Å². The molecule has 0 radical (unpaired) electrons. The minimum atomic E-state index is -0.472. The average molecular weight is 286 g/mol. The summed E-state index contributed by atoms with van der Waals surface area (Å²) in [6.07, 6.45) is 0. The van der Waals surface area contributed by atoms with Crippen LogP contribution in [-0.4, -0.2) is 11.1 Å². The van der Waals surface area contributed by atoms with Gasteiger partial charge in [0.1, 0.15) is 5.75 Å². The van der Waals surface area contributed by atoms with E-state index in [1.807, 2.05) is 30.3 Å². The number of benzene rings is 2. The van der Waals surface area contributed by atoms with Crippen molar-refractivity contribution >= 4 is 33.6 Å². The van der Waals surface area contributed by atoms with Crippen molar-refractivity contribution in [1.82, 2.24) is 0 Å². The lowest BCUT2D eigenvalue weighted by Gasteiger charge is -2.10. The summed E-state index contributed by atoms with van der Waals surface area (Å²) >= 11 is 1.11. The Morgan fingerprint density at radius 2 is 1.85 bits per heavy atom. The summed E-state index contributed by atoms with van der Waals surface area (Å²) in [5.41, 5.74) is 0.332. The van der Waals surface area contributed by atoms with Gasteiger partial charge in [-0.2, -0.15) is 0 Å². The molecular formula is C16H14O3S. The second-order valence-electron chi connectivity index (χ2n) is 4.41. The number of carbonyl (C=O) groups excluding carboxylic acids is 2. The van der Waals surface area contributed by atoms with E-state index >= 15 is 0 Å². The average Bonchev–Trinajstić information content (AvgIpc) is 2.37. The van der Waals surface area contributed by atoms with Crippen LogP contribution in [-0.2, 0) is 9.59 Å². The Morgan fingerprint density at radius 1 is 1.15 bits per heavy atom. The van der Waals surface area contributed by atoms with Crippen molar-refractivity contribution in [1.29, 1.82) is 0 Å². The molecule has 0 fully saturated rings. The number of carbonyl (C=O) groups is 2. The molecule has 3 nitrogen and oxygen atoms in total. The molecule has 0 bridgehead atoms. The Labute approximate surface area is 121 Å². The Balaban J connectivity index is 2.51. The summed E-state index contributed by atoms with van der Waals surface area (Å²) in [6.45, 7) is 6.66. The molecule has 20 heavy (non-hydrogen) atoms. The number of hydrogen-bond acceptors (Lipinski definition) is 4. The van der Waals surface area contributed by atoms with Crippen molar-refractivity contribution in [2.45, 2.75) is 18.7 Å². The van der Waals surface area contributed by atoms with Crippen molar-refractivity contribution in [3.8, 4) is 5.75 Å². The maximum Gasteiger partial charge on any atom is 0.338 e. The Kier molecular flexibility index (Phi) is 4.25. The highest BCUT2D eigenvalue weighted by Crippen LogP contribution is 2.32. The van der Waals surface area contributed by atoms with E-state index in [2.05, 4.69) is 6.58 Å². The molecule has 0 spiro atoms. The SMILES string of the molecule is C=C(C)C(=O)Oc1cc(SC(C)=O)cc2ccccc12. The van der Waals surface area contributed by atoms with Crippen molar-refractivity contribution < 1.29 is 14.3 Å². The van der Waals surface area contributed by atoms with E-state index in [0.29, 0.717) is 11.3 Å². The molecule has 2 aromatic carbocycles. The summed E-state index contributed by atoms with van der Waals surface area (Å²) in [6, 6.07) is 11.2. The molecule has 0 heterocycles. The molecule has 0 aromatic heterocycles. The standard InChI is InChI=1S/C16H14O3S/c1-10(2)16(18)19-15-9-13(20-11(3)17)8-12-6-4-5-7-14(12)15/h4-9H,1H2,2-3H3. The van der Waals surface area contributed by atoms with Gasteiger partial charge >= 0.3 is 5.97 Å². The van der Waals surface area contributed by atoms with Gasteiger partial charge in [0.25, 0.3) is 0 Å². The molecule has 102 valence electrons. The maximum atomic E-state index is 11.7. The zero-order valence-electron chi connectivity index (χ0n) is 11.3. The third-order valence-corrected chi connectivity index (χ3v) is 3.37. The van der Waals surface area contributed by atoms with Crippen molar-refractivity contribution in [3.05, 3.63) is 48.6 Å². The molecule has 0 atom stereocenters. The van der Waals surface area contributed by atoms with Gasteiger partial charge in [-0.25, -0.2) is 4.79 Å². The van der Waals surface area contributed by atoms with E-state index in [1.165, 1.54) is 6.92 Å². The topological polar surface area (TPSA) is 43.4 Å². The molecule has 0 unspecified atom stereocenters. The van der Waals surface area contributed by atoms with Crippen molar-refractivity contribution in [3.63, 3.8) is 0 Å². The quantitative estimate of drug-likeness (QED) is 0.371. The van der Waals surface area contributed by atoms with Crippen LogP contribution >= 0.6 is 11.8 Å². The van der Waals surface area contributed by atoms with Gasteiger partial charge in [0.2, 0.25) is 0 Å². The molecule has 0 saturated carbocycles. The molecule has 0 N–H and O–H groups in total. The van der Waals surface area contributed by atoms with Gasteiger partial charge in [-0.3, -0.25) is 4.79 Å². The Morgan fingerprint density at radius 3 is 2.50 bits per heavy atom. The monoisotopic (exact) mass is 286 g/mol. The molecule has 2 rings (SSSR count). The molecular weight excluding hydrogens is 272 g/mol. The lowest BCUT2D eigenvalue weighted by atomic mass is 10.1. The van der Waals surface area contributed by atoms with Crippen molar-refractivity contribution in [2.24, 2.45) is 0 Å². The molecule has 0 aliphatic carbocycles. The van der Waals surface area contributed by atoms with Crippen molar-refractivity contribution in [2.75, 3.05) is 0 Å². The normalized spacial score (nSPS) is 10.3. The molecule has 0 aliphatic rings. The van der Waals surface area contributed by atoms with E-state index in [1.54, 1.807) is 13.0 Å². The zero-order chi connectivity index (χ0) is 14.7. The predicted molar refractivity (Wildman–Crippen MR) is 80.9 cm³/mol. The Bertz CT molecular complexity index is 704. The van der Waals surface area contributed by atoms with E-state index in [0.717, 1.165) is 27.4 Å². The van der Waals surface area contributed by atoms with Gasteiger partial charge < -0.3 is 4.74 Å². The van der Waals surface area contributed by atoms with Crippen LogP contribution in [0.2, 0.25) is 0 Å². The lowest BCUT2D eigenvalue weighted by Crippen LogP contribution is -2.08. The van der Waals surface area contributed by atoms with Gasteiger partial charge in [-0.05, 0) is 24.4 Å². The number of ether oxygens (including phenoxy) is 1. The first kappa shape index (κ1) is 14.3. The summed E-state index contributed by atoms with van der Waals surface area (Å²) in [7, 11) is 0. The van der Waals surface area contributed by atoms with Gasteiger partial charge in [0.05, 0.1) is 0 Å². The molecule has 2 aromatic rings. The van der Waals surface area contributed by atoms with Crippen LogP contribution in [0.5, 0.6) is 5.75 Å². The molecule has 4 heteroatoms. The van der Waals surface area contributed by atoms with E-state index in [4.69, 9.17) is 4.74 Å². The Hall–Kier alpha value is -2.07. The van der Waals surface area contributed by atoms with E-state index in [9.17, 15) is 9.59 Å². The first-order chi connectivity index (χ1) is 9.47. The number of hydrogen-bond donors (Lipinski definition) is 0. The highest BCUT2D eigenvalue weighted by atomic mass is 32.2.